The molecule has 31 heavy (non-hydrogen) atoms. The lowest BCUT2D eigenvalue weighted by molar-refractivity contribution is -0.134. The number of nitrogens with zero attached hydrogens (tertiary/aromatic N) is 2. The minimum atomic E-state index is -0.948. The highest BCUT2D eigenvalue weighted by Crippen LogP contribution is 2.34. The molecule has 0 saturated heterocycles. The van der Waals surface area contributed by atoms with E-state index in [1.807, 2.05) is 35.8 Å². The van der Waals surface area contributed by atoms with E-state index >= 15 is 0 Å². The van der Waals surface area contributed by atoms with Gasteiger partial charge < -0.3 is 19.2 Å². The summed E-state index contributed by atoms with van der Waals surface area (Å²) in [4.78, 5) is 29.1. The van der Waals surface area contributed by atoms with Gasteiger partial charge in [-0.05, 0) is 62.3 Å². The van der Waals surface area contributed by atoms with E-state index in [4.69, 9.17) is 4.42 Å². The van der Waals surface area contributed by atoms with Gasteiger partial charge in [-0.2, -0.15) is 0 Å². The molecule has 2 aromatic rings. The van der Waals surface area contributed by atoms with Crippen LogP contribution in [0.5, 0.6) is 0 Å². The molecule has 2 aromatic heterocycles. The van der Waals surface area contributed by atoms with Crippen LogP contribution in [-0.4, -0.2) is 39.4 Å². The lowest BCUT2D eigenvalue weighted by Gasteiger charge is -2.45. The summed E-state index contributed by atoms with van der Waals surface area (Å²) in [6, 6.07) is 7.67. The number of rotatable bonds is 6. The summed E-state index contributed by atoms with van der Waals surface area (Å²) in [6.45, 7) is 9.42. The van der Waals surface area contributed by atoms with Gasteiger partial charge in [0, 0.05) is 12.6 Å². The largest absolute Gasteiger partial charge is 0.463 e. The smallest absolute Gasteiger partial charge is 0.271 e. The Labute approximate surface area is 185 Å². The SMILES string of the molecule is CC(C)CCN1C(=O)c2ccc(-c3ccco3)n2CC1(C)C(=O)NC1CCCCC1C. The third kappa shape index (κ3) is 4.04. The van der Waals surface area contributed by atoms with Gasteiger partial charge in [0.1, 0.15) is 17.0 Å². The van der Waals surface area contributed by atoms with E-state index in [0.29, 0.717) is 36.4 Å². The second-order valence-electron chi connectivity index (χ2n) is 9.92. The molecule has 1 fully saturated rings. The van der Waals surface area contributed by atoms with Crippen LogP contribution in [-0.2, 0) is 11.3 Å². The first-order valence-electron chi connectivity index (χ1n) is 11.7. The van der Waals surface area contributed by atoms with E-state index in [1.165, 1.54) is 6.42 Å². The molecule has 0 spiro atoms. The molecule has 0 bridgehead atoms. The van der Waals surface area contributed by atoms with E-state index in [1.54, 1.807) is 11.2 Å². The van der Waals surface area contributed by atoms with Crippen molar-refractivity contribution in [3.63, 3.8) is 0 Å². The van der Waals surface area contributed by atoms with Crippen LogP contribution in [0.2, 0.25) is 0 Å². The first-order valence-corrected chi connectivity index (χ1v) is 11.7. The molecule has 4 rings (SSSR count). The van der Waals surface area contributed by atoms with Crippen LogP contribution < -0.4 is 5.32 Å². The maximum Gasteiger partial charge on any atom is 0.271 e. The highest BCUT2D eigenvalue weighted by atomic mass is 16.3. The number of carbonyl (C=O) groups is 2. The Morgan fingerprint density at radius 2 is 1.97 bits per heavy atom. The van der Waals surface area contributed by atoms with Crippen LogP contribution in [0.4, 0.5) is 0 Å². The average Bonchev–Trinajstić information content (AvgIpc) is 3.38. The molecule has 6 heteroatoms. The monoisotopic (exact) mass is 425 g/mol. The third-order valence-corrected chi connectivity index (χ3v) is 7.13. The summed E-state index contributed by atoms with van der Waals surface area (Å²) in [5.41, 5.74) is 0.504. The molecular weight excluding hydrogens is 390 g/mol. The predicted octanol–water partition coefficient (Wildman–Crippen LogP) is 4.70. The maximum atomic E-state index is 13.7. The highest BCUT2D eigenvalue weighted by Gasteiger charge is 2.48. The Balaban J connectivity index is 1.68. The summed E-state index contributed by atoms with van der Waals surface area (Å²) in [5, 5.41) is 3.32. The number of carbonyl (C=O) groups excluding carboxylic acids is 2. The normalized spacial score (nSPS) is 26.2. The molecule has 1 aliphatic heterocycles. The van der Waals surface area contributed by atoms with Gasteiger partial charge in [-0.3, -0.25) is 9.59 Å². The quantitative estimate of drug-likeness (QED) is 0.729. The minimum absolute atomic E-state index is 0.0481. The lowest BCUT2D eigenvalue weighted by Crippen LogP contribution is -2.65. The molecule has 1 N–H and O–H groups in total. The molecule has 3 unspecified atom stereocenters. The van der Waals surface area contributed by atoms with E-state index in [2.05, 4.69) is 26.1 Å². The Hall–Kier alpha value is -2.50. The zero-order valence-corrected chi connectivity index (χ0v) is 19.2. The summed E-state index contributed by atoms with van der Waals surface area (Å²) in [6.07, 6.45) is 7.01. The van der Waals surface area contributed by atoms with Crippen LogP contribution >= 0.6 is 0 Å². The zero-order valence-electron chi connectivity index (χ0n) is 19.2. The topological polar surface area (TPSA) is 67.5 Å². The van der Waals surface area contributed by atoms with Gasteiger partial charge in [0.2, 0.25) is 5.91 Å². The van der Waals surface area contributed by atoms with Crippen molar-refractivity contribution in [1.29, 1.82) is 0 Å². The minimum Gasteiger partial charge on any atom is -0.463 e. The molecule has 2 aliphatic rings. The van der Waals surface area contributed by atoms with Crippen molar-refractivity contribution >= 4 is 11.8 Å². The van der Waals surface area contributed by atoms with Gasteiger partial charge in [0.05, 0.1) is 18.5 Å². The first-order chi connectivity index (χ1) is 14.8. The molecule has 1 saturated carbocycles. The van der Waals surface area contributed by atoms with Crippen LogP contribution in [0.1, 0.15) is 70.3 Å². The lowest BCUT2D eigenvalue weighted by atomic mass is 9.85. The van der Waals surface area contributed by atoms with E-state index in [-0.39, 0.29) is 17.9 Å². The molecule has 3 atom stereocenters. The zero-order chi connectivity index (χ0) is 22.2. The number of nitrogens with one attached hydrogen (secondary N) is 1. The van der Waals surface area contributed by atoms with Gasteiger partial charge in [-0.15, -0.1) is 0 Å². The number of amides is 2. The Morgan fingerprint density at radius 3 is 2.65 bits per heavy atom. The molecule has 3 heterocycles. The molecule has 0 radical (unpaired) electrons. The summed E-state index contributed by atoms with van der Waals surface area (Å²) in [7, 11) is 0. The second kappa shape index (κ2) is 8.56. The fourth-order valence-electron chi connectivity index (χ4n) is 5.00. The van der Waals surface area contributed by atoms with Crippen molar-refractivity contribution in [2.45, 2.75) is 77.9 Å². The molecule has 1 aliphatic carbocycles. The van der Waals surface area contributed by atoms with Crippen LogP contribution in [0.25, 0.3) is 11.5 Å². The molecule has 2 amide bonds. The number of aromatic nitrogens is 1. The van der Waals surface area contributed by atoms with Gasteiger partial charge in [-0.1, -0.05) is 33.6 Å². The summed E-state index contributed by atoms with van der Waals surface area (Å²) in [5.74, 6) is 1.49. The molecular formula is C25H35N3O3. The fourth-order valence-corrected chi connectivity index (χ4v) is 5.00. The predicted molar refractivity (Wildman–Crippen MR) is 121 cm³/mol. The Kier molecular flexibility index (Phi) is 6.00. The Bertz CT molecular complexity index is 930. The van der Waals surface area contributed by atoms with Crippen molar-refractivity contribution in [2.75, 3.05) is 6.54 Å². The van der Waals surface area contributed by atoms with Crippen molar-refractivity contribution in [2.24, 2.45) is 11.8 Å². The fraction of sp³-hybridized carbons (Fsp3) is 0.600. The molecule has 0 aromatic carbocycles. The van der Waals surface area contributed by atoms with E-state index < -0.39 is 5.54 Å². The Morgan fingerprint density at radius 1 is 1.23 bits per heavy atom. The standard InChI is InChI=1S/C25H35N3O3/c1-17(2)13-14-28-23(29)21-12-11-20(22-10-7-15-31-22)27(21)16-25(28,4)24(30)26-19-9-6-5-8-18(19)3/h7,10-12,15,17-19H,5-6,8-9,13-14,16H2,1-4H3,(H,26,30). The van der Waals surface area contributed by atoms with Gasteiger partial charge in [-0.25, -0.2) is 0 Å². The van der Waals surface area contributed by atoms with E-state index in [0.717, 1.165) is 31.4 Å². The maximum absolute atomic E-state index is 13.7. The van der Waals surface area contributed by atoms with Crippen LogP contribution in [0.3, 0.4) is 0 Å². The van der Waals surface area contributed by atoms with E-state index in [9.17, 15) is 9.59 Å². The van der Waals surface area contributed by atoms with Crippen molar-refractivity contribution in [3.05, 3.63) is 36.2 Å². The molecule has 6 nitrogen and oxygen atoms in total. The van der Waals surface area contributed by atoms with Crippen molar-refractivity contribution in [1.82, 2.24) is 14.8 Å². The number of hydrogen-bond donors (Lipinski definition) is 1. The second-order valence-corrected chi connectivity index (χ2v) is 9.92. The summed E-state index contributed by atoms with van der Waals surface area (Å²) >= 11 is 0. The molecule has 168 valence electrons. The van der Waals surface area contributed by atoms with Crippen LogP contribution in [0, 0.1) is 11.8 Å². The van der Waals surface area contributed by atoms with Crippen molar-refractivity contribution in [3.8, 4) is 11.5 Å². The average molecular weight is 426 g/mol. The first kappa shape index (κ1) is 21.7. The third-order valence-electron chi connectivity index (χ3n) is 7.13. The van der Waals surface area contributed by atoms with Gasteiger partial charge in [0.15, 0.2) is 0 Å². The van der Waals surface area contributed by atoms with Gasteiger partial charge >= 0.3 is 0 Å². The van der Waals surface area contributed by atoms with Crippen LogP contribution in [0.15, 0.2) is 34.9 Å². The number of furan rings is 1. The highest BCUT2D eigenvalue weighted by molar-refractivity contribution is 6.00. The van der Waals surface area contributed by atoms with Crippen molar-refractivity contribution < 1.29 is 14.0 Å². The summed E-state index contributed by atoms with van der Waals surface area (Å²) < 4.78 is 7.56. The number of hydrogen-bond acceptors (Lipinski definition) is 3. The number of fused-ring (bicyclic) bond motifs is 1. The van der Waals surface area contributed by atoms with Gasteiger partial charge in [0.25, 0.3) is 5.91 Å².